The molecule has 0 atom stereocenters. The molecule has 0 heterocycles. The van der Waals surface area contributed by atoms with Gasteiger partial charge < -0.3 is 10.2 Å². The second-order valence-electron chi connectivity index (χ2n) is 7.83. The van der Waals surface area contributed by atoms with Crippen molar-refractivity contribution in [3.63, 3.8) is 0 Å². The fourth-order valence-corrected chi connectivity index (χ4v) is 3.79. The molecular formula is C32H30O2. The highest BCUT2D eigenvalue weighted by Gasteiger charge is 2.05. The van der Waals surface area contributed by atoms with Gasteiger partial charge in [0.25, 0.3) is 0 Å². The molecule has 0 amide bonds. The predicted octanol–water partition coefficient (Wildman–Crippen LogP) is 8.16. The smallest absolute Gasteiger partial charge is 0.115 e. The lowest BCUT2D eigenvalue weighted by Gasteiger charge is -2.08. The van der Waals surface area contributed by atoms with Gasteiger partial charge in [0.05, 0.1) is 6.61 Å². The molecular weight excluding hydrogens is 416 g/mol. The Morgan fingerprint density at radius 2 is 1.15 bits per heavy atom. The molecule has 2 nitrogen and oxygen atoms in total. The molecule has 0 spiro atoms. The van der Waals surface area contributed by atoms with Crippen LogP contribution in [-0.4, -0.2) is 10.2 Å². The van der Waals surface area contributed by atoms with Gasteiger partial charge in [0.2, 0.25) is 0 Å². The van der Waals surface area contributed by atoms with Crippen molar-refractivity contribution in [3.05, 3.63) is 139 Å². The minimum atomic E-state index is 0.0852. The van der Waals surface area contributed by atoms with Gasteiger partial charge >= 0.3 is 0 Å². The molecule has 5 rings (SSSR count). The largest absolute Gasteiger partial charge is 0.508 e. The number of aryl methyl sites for hydroxylation is 1. The van der Waals surface area contributed by atoms with Crippen LogP contribution >= 0.6 is 0 Å². The first kappa shape index (κ1) is 24.5. The van der Waals surface area contributed by atoms with Crippen molar-refractivity contribution in [1.82, 2.24) is 0 Å². The van der Waals surface area contributed by atoms with Gasteiger partial charge in [-0.3, -0.25) is 0 Å². The second kappa shape index (κ2) is 12.2. The second-order valence-corrected chi connectivity index (χ2v) is 7.83. The van der Waals surface area contributed by atoms with Crippen LogP contribution in [0.2, 0.25) is 0 Å². The Kier molecular flexibility index (Phi) is 8.79. The standard InChI is InChI=1S/C15H12O.C10H10.C7H8O/c16-10-15-13-7-3-1-5-11(13)9-12-6-2-4-8-14(12)15;1-3-9-7-5-6-8-10(9)4-2;1-6-3-2-4-7(8)5-6/h1-9,16H,10H2;3-8H,1-2H2;2-5,8H,1H3. The summed E-state index contributed by atoms with van der Waals surface area (Å²) in [5, 5.41) is 23.0. The lowest BCUT2D eigenvalue weighted by molar-refractivity contribution is 0.285. The van der Waals surface area contributed by atoms with Crippen LogP contribution < -0.4 is 0 Å². The van der Waals surface area contributed by atoms with Crippen molar-refractivity contribution in [1.29, 1.82) is 0 Å². The van der Waals surface area contributed by atoms with Crippen molar-refractivity contribution >= 4 is 33.7 Å². The molecule has 0 fully saturated rings. The molecule has 0 aliphatic heterocycles. The van der Waals surface area contributed by atoms with E-state index < -0.39 is 0 Å². The summed E-state index contributed by atoms with van der Waals surface area (Å²) in [6.07, 6.45) is 3.66. The van der Waals surface area contributed by atoms with Gasteiger partial charge in [0, 0.05) is 0 Å². The number of rotatable bonds is 3. The van der Waals surface area contributed by atoms with Gasteiger partial charge in [-0.05, 0) is 68.9 Å². The van der Waals surface area contributed by atoms with E-state index in [4.69, 9.17) is 5.11 Å². The number of aromatic hydroxyl groups is 1. The highest BCUT2D eigenvalue weighted by molar-refractivity contribution is 6.02. The molecule has 2 N–H and O–H groups in total. The molecule has 0 saturated heterocycles. The third kappa shape index (κ3) is 6.22. The van der Waals surface area contributed by atoms with Gasteiger partial charge in [-0.25, -0.2) is 0 Å². The van der Waals surface area contributed by atoms with E-state index in [1.807, 2.05) is 79.7 Å². The van der Waals surface area contributed by atoms with Crippen LogP contribution in [0, 0.1) is 6.92 Å². The lowest BCUT2D eigenvalue weighted by atomic mass is 9.97. The molecule has 0 saturated carbocycles. The maximum atomic E-state index is 9.53. The van der Waals surface area contributed by atoms with Crippen molar-refractivity contribution in [3.8, 4) is 5.75 Å². The number of fused-ring (bicyclic) bond motifs is 2. The SMILES string of the molecule is C=Cc1ccccc1C=C.Cc1cccc(O)c1.OCc1c2ccccc2cc2ccccc12. The van der Waals surface area contributed by atoms with E-state index in [2.05, 4.69) is 43.5 Å². The zero-order valence-electron chi connectivity index (χ0n) is 19.5. The zero-order valence-corrected chi connectivity index (χ0v) is 19.5. The zero-order chi connectivity index (χ0) is 24.3. The maximum absolute atomic E-state index is 9.53. The van der Waals surface area contributed by atoms with Crippen LogP contribution in [0.5, 0.6) is 5.75 Å². The number of benzene rings is 5. The van der Waals surface area contributed by atoms with Crippen molar-refractivity contribution < 1.29 is 10.2 Å². The Hall–Kier alpha value is -4.14. The van der Waals surface area contributed by atoms with Gasteiger partial charge in [0.15, 0.2) is 0 Å². The summed E-state index contributed by atoms with van der Waals surface area (Å²) in [5.74, 6) is 0.338. The van der Waals surface area contributed by atoms with Crippen LogP contribution in [0.4, 0.5) is 0 Å². The van der Waals surface area contributed by atoms with Crippen LogP contribution in [0.1, 0.15) is 22.3 Å². The molecule has 34 heavy (non-hydrogen) atoms. The molecule has 0 aromatic heterocycles. The molecule has 170 valence electrons. The van der Waals surface area contributed by atoms with Crippen molar-refractivity contribution in [2.24, 2.45) is 0 Å². The monoisotopic (exact) mass is 446 g/mol. The Balaban J connectivity index is 0.000000155. The number of hydrogen-bond acceptors (Lipinski definition) is 2. The number of phenolic OH excluding ortho intramolecular Hbond substituents is 1. The van der Waals surface area contributed by atoms with E-state index >= 15 is 0 Å². The molecule has 2 heteroatoms. The summed E-state index contributed by atoms with van der Waals surface area (Å²) in [6.45, 7) is 9.41. The summed E-state index contributed by atoms with van der Waals surface area (Å²) in [7, 11) is 0. The fraction of sp³-hybridized carbons (Fsp3) is 0.0625. The van der Waals surface area contributed by atoms with E-state index in [9.17, 15) is 5.11 Å². The van der Waals surface area contributed by atoms with E-state index in [1.54, 1.807) is 12.1 Å². The topological polar surface area (TPSA) is 40.5 Å². The van der Waals surface area contributed by atoms with Crippen LogP contribution in [0.15, 0.2) is 116 Å². The summed E-state index contributed by atoms with van der Waals surface area (Å²) >= 11 is 0. The summed E-state index contributed by atoms with van der Waals surface area (Å²) in [4.78, 5) is 0. The predicted molar refractivity (Wildman–Crippen MR) is 147 cm³/mol. The maximum Gasteiger partial charge on any atom is 0.115 e. The number of hydrogen-bond donors (Lipinski definition) is 2. The molecule has 5 aromatic carbocycles. The first-order valence-electron chi connectivity index (χ1n) is 11.2. The summed E-state index contributed by atoms with van der Waals surface area (Å²) < 4.78 is 0. The van der Waals surface area contributed by atoms with Crippen LogP contribution in [-0.2, 0) is 6.61 Å². The van der Waals surface area contributed by atoms with Gasteiger partial charge in [-0.15, -0.1) is 0 Å². The normalized spacial score (nSPS) is 9.94. The number of aliphatic hydroxyl groups excluding tert-OH is 1. The average molecular weight is 447 g/mol. The Morgan fingerprint density at radius 3 is 1.56 bits per heavy atom. The molecule has 0 unspecified atom stereocenters. The molecule has 5 aromatic rings. The Labute approximate surface area is 201 Å². The fourth-order valence-electron chi connectivity index (χ4n) is 3.79. The highest BCUT2D eigenvalue weighted by atomic mass is 16.3. The van der Waals surface area contributed by atoms with Gasteiger partial charge in [-0.2, -0.15) is 0 Å². The van der Waals surface area contributed by atoms with Gasteiger partial charge in [0.1, 0.15) is 5.75 Å². The minimum Gasteiger partial charge on any atom is -0.508 e. The summed E-state index contributed by atoms with van der Waals surface area (Å²) in [5.41, 5.74) is 4.38. The van der Waals surface area contributed by atoms with E-state index in [-0.39, 0.29) is 6.61 Å². The molecule has 0 bridgehead atoms. The first-order valence-corrected chi connectivity index (χ1v) is 11.2. The van der Waals surface area contributed by atoms with Crippen LogP contribution in [0.3, 0.4) is 0 Å². The average Bonchev–Trinajstić information content (AvgIpc) is 2.87. The molecule has 0 aliphatic carbocycles. The van der Waals surface area contributed by atoms with E-state index in [0.717, 1.165) is 33.0 Å². The van der Waals surface area contributed by atoms with Crippen molar-refractivity contribution in [2.45, 2.75) is 13.5 Å². The van der Waals surface area contributed by atoms with E-state index in [0.29, 0.717) is 5.75 Å². The number of aliphatic hydroxyl groups is 1. The van der Waals surface area contributed by atoms with E-state index in [1.165, 1.54) is 10.8 Å². The van der Waals surface area contributed by atoms with Crippen LogP contribution in [0.25, 0.3) is 33.7 Å². The minimum absolute atomic E-state index is 0.0852. The number of phenols is 1. The van der Waals surface area contributed by atoms with Gasteiger partial charge in [-0.1, -0.05) is 110 Å². The quantitative estimate of drug-likeness (QED) is 0.274. The van der Waals surface area contributed by atoms with Crippen molar-refractivity contribution in [2.75, 3.05) is 0 Å². The molecule has 0 aliphatic rings. The molecule has 0 radical (unpaired) electrons. The first-order chi connectivity index (χ1) is 16.6. The third-order valence-electron chi connectivity index (χ3n) is 5.48. The Bertz CT molecular complexity index is 1300. The lowest BCUT2D eigenvalue weighted by Crippen LogP contribution is -1.88. The highest BCUT2D eigenvalue weighted by Crippen LogP contribution is 2.28. The third-order valence-corrected chi connectivity index (χ3v) is 5.48. The summed E-state index contributed by atoms with van der Waals surface area (Å²) in [6, 6.07) is 33.7. The Morgan fingerprint density at radius 1 is 0.647 bits per heavy atom.